The van der Waals surface area contributed by atoms with E-state index in [2.05, 4.69) is 28.1 Å². The Morgan fingerprint density at radius 3 is 2.69 bits per heavy atom. The minimum absolute atomic E-state index is 0.102. The zero-order valence-corrected chi connectivity index (χ0v) is 14.6. The molecule has 0 aliphatic carbocycles. The summed E-state index contributed by atoms with van der Waals surface area (Å²) in [4.78, 5) is 12.1. The molecule has 1 N–H and O–H groups in total. The molecule has 1 aromatic heterocycles. The van der Waals surface area contributed by atoms with Crippen molar-refractivity contribution in [3.8, 4) is 6.07 Å². The van der Waals surface area contributed by atoms with Crippen LogP contribution in [0, 0.1) is 11.3 Å². The maximum atomic E-state index is 12.1. The molecule has 0 fully saturated rings. The Hall–Kier alpha value is -3.32. The molecule has 1 heterocycles. The van der Waals surface area contributed by atoms with Crippen molar-refractivity contribution in [2.75, 3.05) is 6.54 Å². The van der Waals surface area contributed by atoms with Crippen LogP contribution in [-0.4, -0.2) is 17.0 Å². The largest absolute Gasteiger partial charge is 0.352 e. The summed E-state index contributed by atoms with van der Waals surface area (Å²) < 4.78 is 2.06. The summed E-state index contributed by atoms with van der Waals surface area (Å²) in [6.07, 6.45) is 6.68. The summed E-state index contributed by atoms with van der Waals surface area (Å²) in [5, 5.41) is 12.8. The molecule has 3 aromatic rings. The molecule has 0 spiro atoms. The predicted molar refractivity (Wildman–Crippen MR) is 104 cm³/mol. The Morgan fingerprint density at radius 1 is 1.12 bits per heavy atom. The quantitative estimate of drug-likeness (QED) is 0.661. The van der Waals surface area contributed by atoms with Gasteiger partial charge in [0.2, 0.25) is 5.91 Å². The third kappa shape index (κ3) is 4.40. The third-order valence-electron chi connectivity index (χ3n) is 4.25. The minimum atomic E-state index is -0.102. The summed E-state index contributed by atoms with van der Waals surface area (Å²) >= 11 is 0. The maximum Gasteiger partial charge on any atom is 0.244 e. The first-order valence-corrected chi connectivity index (χ1v) is 8.72. The Labute approximate surface area is 153 Å². The number of nitrogens with one attached hydrogen (secondary N) is 1. The molecule has 0 aliphatic rings. The van der Waals surface area contributed by atoms with Gasteiger partial charge in [-0.25, -0.2) is 0 Å². The molecule has 0 saturated heterocycles. The number of nitrogens with zero attached hydrogens (tertiary/aromatic N) is 2. The first-order chi connectivity index (χ1) is 12.8. The van der Waals surface area contributed by atoms with Crippen LogP contribution in [0.2, 0.25) is 0 Å². The van der Waals surface area contributed by atoms with Crippen molar-refractivity contribution in [3.05, 3.63) is 78.0 Å². The molecule has 4 nitrogen and oxygen atoms in total. The number of benzene rings is 2. The number of aryl methyl sites for hydroxylation is 1. The van der Waals surface area contributed by atoms with E-state index in [0.29, 0.717) is 19.5 Å². The van der Waals surface area contributed by atoms with Crippen LogP contribution in [0.15, 0.2) is 66.9 Å². The van der Waals surface area contributed by atoms with Crippen molar-refractivity contribution < 1.29 is 4.79 Å². The molecule has 2 aromatic carbocycles. The lowest BCUT2D eigenvalue weighted by Crippen LogP contribution is -2.23. The van der Waals surface area contributed by atoms with E-state index in [-0.39, 0.29) is 5.91 Å². The number of hydrogen-bond donors (Lipinski definition) is 1. The second-order valence-electron chi connectivity index (χ2n) is 6.06. The Bertz CT molecular complexity index is 948. The molecule has 26 heavy (non-hydrogen) atoms. The Balaban J connectivity index is 1.64. The van der Waals surface area contributed by atoms with Crippen LogP contribution >= 0.6 is 0 Å². The number of hydrogen-bond acceptors (Lipinski definition) is 2. The van der Waals surface area contributed by atoms with E-state index in [4.69, 9.17) is 5.26 Å². The fourth-order valence-corrected chi connectivity index (χ4v) is 2.96. The highest BCUT2D eigenvalue weighted by Gasteiger charge is 2.06. The van der Waals surface area contributed by atoms with Gasteiger partial charge in [0.05, 0.1) is 12.5 Å². The highest BCUT2D eigenvalue weighted by atomic mass is 16.1. The predicted octanol–water partition coefficient (Wildman–Crippen LogP) is 3.93. The van der Waals surface area contributed by atoms with Gasteiger partial charge in [0.15, 0.2) is 0 Å². The fraction of sp³-hybridized carbons (Fsp3) is 0.182. The van der Waals surface area contributed by atoms with Crippen LogP contribution in [0.5, 0.6) is 0 Å². The number of carbonyl (C=O) groups is 1. The number of fused-ring (bicyclic) bond motifs is 1. The molecule has 0 atom stereocenters. The molecule has 4 heteroatoms. The fourth-order valence-electron chi connectivity index (χ4n) is 2.96. The number of carbonyl (C=O) groups excluding carboxylic acids is 1. The van der Waals surface area contributed by atoms with Gasteiger partial charge >= 0.3 is 0 Å². The van der Waals surface area contributed by atoms with Crippen LogP contribution in [0.1, 0.15) is 17.5 Å². The summed E-state index contributed by atoms with van der Waals surface area (Å²) in [6, 6.07) is 20.3. The molecule has 130 valence electrons. The summed E-state index contributed by atoms with van der Waals surface area (Å²) in [5.74, 6) is -0.102. The minimum Gasteiger partial charge on any atom is -0.352 e. The highest BCUT2D eigenvalue weighted by Crippen LogP contribution is 2.22. The van der Waals surface area contributed by atoms with E-state index in [1.165, 1.54) is 5.56 Å². The zero-order valence-electron chi connectivity index (χ0n) is 14.6. The van der Waals surface area contributed by atoms with Crippen LogP contribution in [-0.2, 0) is 17.8 Å². The molecule has 1 amide bonds. The van der Waals surface area contributed by atoms with Gasteiger partial charge in [-0.3, -0.25) is 4.79 Å². The average molecular weight is 343 g/mol. The number of aromatic nitrogens is 1. The lowest BCUT2D eigenvalue weighted by atomic mass is 10.1. The van der Waals surface area contributed by atoms with Crippen LogP contribution in [0.3, 0.4) is 0 Å². The van der Waals surface area contributed by atoms with E-state index in [0.717, 1.165) is 22.9 Å². The lowest BCUT2D eigenvalue weighted by molar-refractivity contribution is -0.116. The van der Waals surface area contributed by atoms with E-state index in [1.54, 1.807) is 6.08 Å². The van der Waals surface area contributed by atoms with E-state index in [1.807, 2.05) is 54.7 Å². The number of nitriles is 1. The van der Waals surface area contributed by atoms with Crippen LogP contribution in [0.25, 0.3) is 17.0 Å². The number of amides is 1. The van der Waals surface area contributed by atoms with Crippen molar-refractivity contribution in [3.63, 3.8) is 0 Å². The lowest BCUT2D eigenvalue weighted by Gasteiger charge is -2.02. The van der Waals surface area contributed by atoms with Crippen molar-refractivity contribution in [2.24, 2.45) is 0 Å². The van der Waals surface area contributed by atoms with Gasteiger partial charge in [-0.15, -0.1) is 0 Å². The van der Waals surface area contributed by atoms with Crippen molar-refractivity contribution in [1.29, 1.82) is 5.26 Å². The highest BCUT2D eigenvalue weighted by molar-refractivity contribution is 5.96. The van der Waals surface area contributed by atoms with E-state index < -0.39 is 0 Å². The molecule has 0 bridgehead atoms. The van der Waals surface area contributed by atoms with Gasteiger partial charge in [-0.2, -0.15) is 5.26 Å². The summed E-state index contributed by atoms with van der Waals surface area (Å²) in [6.45, 7) is 1.26. The van der Waals surface area contributed by atoms with Crippen molar-refractivity contribution in [2.45, 2.75) is 19.4 Å². The molecule has 0 aliphatic heterocycles. The smallest absolute Gasteiger partial charge is 0.244 e. The first-order valence-electron chi connectivity index (χ1n) is 8.72. The monoisotopic (exact) mass is 343 g/mol. The average Bonchev–Trinajstić information content (AvgIpc) is 3.03. The van der Waals surface area contributed by atoms with Crippen molar-refractivity contribution >= 4 is 22.9 Å². The number of rotatable bonds is 7. The van der Waals surface area contributed by atoms with Gasteiger partial charge in [0.1, 0.15) is 0 Å². The topological polar surface area (TPSA) is 57.8 Å². The normalized spacial score (nSPS) is 10.9. The van der Waals surface area contributed by atoms with Gasteiger partial charge in [-0.1, -0.05) is 48.5 Å². The van der Waals surface area contributed by atoms with Crippen molar-refractivity contribution in [1.82, 2.24) is 9.88 Å². The molecular weight excluding hydrogens is 322 g/mol. The van der Waals surface area contributed by atoms with Crippen LogP contribution < -0.4 is 5.32 Å². The molecule has 0 unspecified atom stereocenters. The van der Waals surface area contributed by atoms with Gasteiger partial charge in [0.25, 0.3) is 0 Å². The van der Waals surface area contributed by atoms with E-state index >= 15 is 0 Å². The second kappa shape index (κ2) is 8.68. The molecule has 0 saturated carbocycles. The van der Waals surface area contributed by atoms with Crippen LogP contribution in [0.4, 0.5) is 0 Å². The van der Waals surface area contributed by atoms with Gasteiger partial charge in [0, 0.05) is 41.8 Å². The Kier molecular flexibility index (Phi) is 5.84. The van der Waals surface area contributed by atoms with Gasteiger partial charge in [-0.05, 0) is 24.1 Å². The third-order valence-corrected chi connectivity index (χ3v) is 4.25. The zero-order chi connectivity index (χ0) is 18.2. The molecule has 3 rings (SSSR count). The standard InChI is InChI=1S/C22H21N3O/c23-14-6-16-25-17-19(20-9-4-5-10-21(20)25)11-12-22(26)24-15-13-18-7-2-1-3-8-18/h1-5,7-12,17H,6,13,15-16H2,(H,24,26)/b12-11+. The van der Waals surface area contributed by atoms with E-state index in [9.17, 15) is 4.79 Å². The Morgan fingerprint density at radius 2 is 1.88 bits per heavy atom. The summed E-state index contributed by atoms with van der Waals surface area (Å²) in [5.41, 5.74) is 3.26. The maximum absolute atomic E-state index is 12.1. The summed E-state index contributed by atoms with van der Waals surface area (Å²) in [7, 11) is 0. The SMILES string of the molecule is N#CCCn1cc(/C=C/C(=O)NCCc2ccccc2)c2ccccc21. The van der Waals surface area contributed by atoms with Gasteiger partial charge < -0.3 is 9.88 Å². The second-order valence-corrected chi connectivity index (χ2v) is 6.06. The molecular formula is C22H21N3O. The number of para-hydroxylation sites is 1. The molecule has 0 radical (unpaired) electrons. The first kappa shape index (κ1) is 17.5.